The molecule has 2 heteroatoms. The molecule has 2 atom stereocenters. The highest BCUT2D eigenvalue weighted by Crippen LogP contribution is 2.56. The fraction of sp³-hybridized carbons (Fsp3) is 0.842. The summed E-state index contributed by atoms with van der Waals surface area (Å²) in [5.74, 6) is -0.0936. The third-order valence-corrected chi connectivity index (χ3v) is 6.36. The van der Waals surface area contributed by atoms with Crippen LogP contribution in [0.2, 0.25) is 0 Å². The number of allylic oxidation sites excluding steroid dienone is 2. The Hall–Kier alpha value is -0.790. The Morgan fingerprint density at radius 2 is 1.90 bits per heavy atom. The Morgan fingerprint density at radius 1 is 1.10 bits per heavy atom. The van der Waals surface area contributed by atoms with Gasteiger partial charge in [-0.15, -0.1) is 0 Å². The van der Waals surface area contributed by atoms with Crippen molar-refractivity contribution in [2.75, 3.05) is 0 Å². The number of hydrogen-bond acceptors (Lipinski definition) is 2. The van der Waals surface area contributed by atoms with E-state index in [0.29, 0.717) is 5.41 Å². The van der Waals surface area contributed by atoms with E-state index in [1.807, 2.05) is 0 Å². The van der Waals surface area contributed by atoms with Gasteiger partial charge in [-0.25, -0.2) is 0 Å². The highest BCUT2D eigenvalue weighted by molar-refractivity contribution is 5.66. The molecule has 21 heavy (non-hydrogen) atoms. The van der Waals surface area contributed by atoms with Gasteiger partial charge in [0.15, 0.2) is 0 Å². The summed E-state index contributed by atoms with van der Waals surface area (Å²) in [5.41, 5.74) is 4.07. The topological polar surface area (TPSA) is 26.3 Å². The van der Waals surface area contributed by atoms with Gasteiger partial charge in [0.1, 0.15) is 6.10 Å². The highest BCUT2D eigenvalue weighted by atomic mass is 16.5. The van der Waals surface area contributed by atoms with E-state index in [9.17, 15) is 4.79 Å². The normalized spacial score (nSPS) is 35.5. The van der Waals surface area contributed by atoms with E-state index in [4.69, 9.17) is 4.74 Å². The summed E-state index contributed by atoms with van der Waals surface area (Å²) in [6.45, 7) is 6.41. The van der Waals surface area contributed by atoms with Crippen LogP contribution in [0.15, 0.2) is 11.1 Å². The lowest BCUT2D eigenvalue weighted by Crippen LogP contribution is -2.44. The molecule has 2 unspecified atom stereocenters. The molecule has 0 amide bonds. The van der Waals surface area contributed by atoms with Gasteiger partial charge in [-0.1, -0.05) is 31.4 Å². The molecule has 3 aliphatic carbocycles. The van der Waals surface area contributed by atoms with Crippen molar-refractivity contribution in [3.63, 3.8) is 0 Å². The second kappa shape index (κ2) is 5.44. The fourth-order valence-corrected chi connectivity index (χ4v) is 5.15. The van der Waals surface area contributed by atoms with Crippen LogP contribution in [0, 0.1) is 10.8 Å². The SMILES string of the molecule is CC(=O)OC1CCCCC12CCC1=C(C2)C(C)(C)CCC1. The maximum absolute atomic E-state index is 11.5. The first-order chi connectivity index (χ1) is 9.93. The second-order valence-corrected chi connectivity index (χ2v) is 8.20. The van der Waals surface area contributed by atoms with Gasteiger partial charge in [-0.05, 0) is 63.2 Å². The summed E-state index contributed by atoms with van der Waals surface area (Å²) in [5, 5.41) is 0. The monoisotopic (exact) mass is 290 g/mol. The maximum Gasteiger partial charge on any atom is 0.302 e. The van der Waals surface area contributed by atoms with Gasteiger partial charge in [0, 0.05) is 12.3 Å². The maximum atomic E-state index is 11.5. The number of hydrogen-bond donors (Lipinski definition) is 0. The third-order valence-electron chi connectivity index (χ3n) is 6.36. The first kappa shape index (κ1) is 15.1. The zero-order valence-electron chi connectivity index (χ0n) is 14.0. The van der Waals surface area contributed by atoms with Crippen molar-refractivity contribution in [1.29, 1.82) is 0 Å². The molecule has 1 spiro atoms. The second-order valence-electron chi connectivity index (χ2n) is 8.20. The molecule has 3 rings (SSSR count). The lowest BCUT2D eigenvalue weighted by atomic mass is 9.56. The van der Waals surface area contributed by atoms with Crippen molar-refractivity contribution in [2.24, 2.45) is 10.8 Å². The van der Waals surface area contributed by atoms with Crippen molar-refractivity contribution in [2.45, 2.75) is 91.1 Å². The Kier molecular flexibility index (Phi) is 3.92. The molecule has 0 aromatic heterocycles. The first-order valence-electron chi connectivity index (χ1n) is 8.82. The van der Waals surface area contributed by atoms with E-state index in [1.54, 1.807) is 18.1 Å². The third kappa shape index (κ3) is 2.78. The van der Waals surface area contributed by atoms with Crippen LogP contribution in [0.4, 0.5) is 0 Å². The summed E-state index contributed by atoms with van der Waals surface area (Å²) in [7, 11) is 0. The summed E-state index contributed by atoms with van der Waals surface area (Å²) in [6, 6.07) is 0. The smallest absolute Gasteiger partial charge is 0.302 e. The summed E-state index contributed by atoms with van der Waals surface area (Å²) in [6.07, 6.45) is 12.7. The molecular weight excluding hydrogens is 260 g/mol. The number of rotatable bonds is 1. The van der Waals surface area contributed by atoms with Gasteiger partial charge in [0.2, 0.25) is 0 Å². The minimum absolute atomic E-state index is 0.0936. The molecule has 0 heterocycles. The molecule has 1 saturated carbocycles. The quantitative estimate of drug-likeness (QED) is 0.492. The fourth-order valence-electron chi connectivity index (χ4n) is 5.15. The van der Waals surface area contributed by atoms with Gasteiger partial charge in [0.05, 0.1) is 0 Å². The number of esters is 1. The summed E-state index contributed by atoms with van der Waals surface area (Å²) >= 11 is 0. The number of ether oxygens (including phenoxy) is 1. The van der Waals surface area contributed by atoms with Crippen LogP contribution in [0.5, 0.6) is 0 Å². The standard InChI is InChI=1S/C19H30O2/c1-14(20)21-17-8-4-5-11-19(17)12-9-15-7-6-10-18(2,3)16(15)13-19/h17H,4-13H2,1-3H3. The zero-order valence-corrected chi connectivity index (χ0v) is 14.0. The largest absolute Gasteiger partial charge is 0.462 e. The van der Waals surface area contributed by atoms with E-state index in [2.05, 4.69) is 13.8 Å². The molecule has 0 saturated heterocycles. The number of carbonyl (C=O) groups excluding carboxylic acids is 1. The predicted molar refractivity (Wildman–Crippen MR) is 85.0 cm³/mol. The van der Waals surface area contributed by atoms with Gasteiger partial charge in [-0.2, -0.15) is 0 Å². The van der Waals surface area contributed by atoms with Gasteiger partial charge < -0.3 is 4.74 Å². The molecule has 2 nitrogen and oxygen atoms in total. The van der Waals surface area contributed by atoms with Crippen LogP contribution in [0.1, 0.15) is 85.0 Å². The predicted octanol–water partition coefficient (Wildman–Crippen LogP) is 5.17. The molecule has 1 fully saturated rings. The molecule has 0 radical (unpaired) electrons. The van der Waals surface area contributed by atoms with Crippen molar-refractivity contribution in [1.82, 2.24) is 0 Å². The van der Waals surface area contributed by atoms with E-state index >= 15 is 0 Å². The van der Waals surface area contributed by atoms with Crippen molar-refractivity contribution >= 4 is 5.97 Å². The van der Waals surface area contributed by atoms with E-state index in [0.717, 1.165) is 6.42 Å². The molecule has 0 aliphatic heterocycles. The first-order valence-corrected chi connectivity index (χ1v) is 8.82. The van der Waals surface area contributed by atoms with Gasteiger partial charge in [-0.3, -0.25) is 4.79 Å². The molecular formula is C19H30O2. The van der Waals surface area contributed by atoms with Crippen LogP contribution in [0.25, 0.3) is 0 Å². The van der Waals surface area contributed by atoms with Crippen LogP contribution < -0.4 is 0 Å². The van der Waals surface area contributed by atoms with E-state index in [-0.39, 0.29) is 17.5 Å². The van der Waals surface area contributed by atoms with Crippen molar-refractivity contribution < 1.29 is 9.53 Å². The zero-order chi connectivity index (χ0) is 15.1. The van der Waals surface area contributed by atoms with Crippen molar-refractivity contribution in [3.8, 4) is 0 Å². The molecule has 0 bridgehead atoms. The lowest BCUT2D eigenvalue weighted by Gasteiger charge is -2.51. The summed E-state index contributed by atoms with van der Waals surface area (Å²) in [4.78, 5) is 11.5. The average Bonchev–Trinajstić information content (AvgIpc) is 2.42. The van der Waals surface area contributed by atoms with Crippen LogP contribution >= 0.6 is 0 Å². The Morgan fingerprint density at radius 3 is 2.67 bits per heavy atom. The molecule has 0 N–H and O–H groups in total. The van der Waals surface area contributed by atoms with Crippen LogP contribution in [-0.4, -0.2) is 12.1 Å². The van der Waals surface area contributed by atoms with Gasteiger partial charge >= 0.3 is 5.97 Å². The Balaban J connectivity index is 1.88. The highest BCUT2D eigenvalue weighted by Gasteiger charge is 2.48. The Labute approximate surface area is 129 Å². The van der Waals surface area contributed by atoms with Crippen molar-refractivity contribution in [3.05, 3.63) is 11.1 Å². The number of carbonyl (C=O) groups is 1. The molecule has 0 aromatic rings. The molecule has 0 aromatic carbocycles. The Bertz CT molecular complexity index is 460. The molecule has 118 valence electrons. The van der Waals surface area contributed by atoms with Crippen LogP contribution in [0.3, 0.4) is 0 Å². The van der Waals surface area contributed by atoms with Gasteiger partial charge in [0.25, 0.3) is 0 Å². The minimum Gasteiger partial charge on any atom is -0.462 e. The molecule has 3 aliphatic rings. The lowest BCUT2D eigenvalue weighted by molar-refractivity contribution is -0.158. The van der Waals surface area contributed by atoms with E-state index < -0.39 is 0 Å². The van der Waals surface area contributed by atoms with Crippen LogP contribution in [-0.2, 0) is 9.53 Å². The average molecular weight is 290 g/mol. The van der Waals surface area contributed by atoms with E-state index in [1.165, 1.54) is 57.8 Å². The summed E-state index contributed by atoms with van der Waals surface area (Å²) < 4.78 is 5.77. The minimum atomic E-state index is -0.0936.